The Bertz CT molecular complexity index is 516. The number of sulfonamides is 1. The van der Waals surface area contributed by atoms with Crippen LogP contribution in [0.3, 0.4) is 0 Å². The highest BCUT2D eigenvalue weighted by Gasteiger charge is 2.30. The number of aliphatic hydroxyl groups is 1. The third-order valence-electron chi connectivity index (χ3n) is 3.53. The Morgan fingerprint density at radius 1 is 1.24 bits per heavy atom. The second-order valence-corrected chi connectivity index (χ2v) is 6.83. The van der Waals surface area contributed by atoms with Crippen molar-refractivity contribution in [1.82, 2.24) is 4.72 Å². The van der Waals surface area contributed by atoms with Gasteiger partial charge in [-0.2, -0.15) is 0 Å². The number of hydrogen-bond acceptors (Lipinski definition) is 5. The van der Waals surface area contributed by atoms with E-state index >= 15 is 0 Å². The maximum atomic E-state index is 12.0. The van der Waals surface area contributed by atoms with E-state index < -0.39 is 15.6 Å². The van der Waals surface area contributed by atoms with Crippen molar-refractivity contribution in [3.63, 3.8) is 0 Å². The van der Waals surface area contributed by atoms with E-state index in [9.17, 15) is 13.5 Å². The van der Waals surface area contributed by atoms with E-state index in [0.29, 0.717) is 24.3 Å². The van der Waals surface area contributed by atoms with Crippen LogP contribution in [-0.2, 0) is 10.0 Å². The summed E-state index contributed by atoms with van der Waals surface area (Å²) in [5.74, 6) is 0.401. The minimum Gasteiger partial charge on any atom is -0.492 e. The van der Waals surface area contributed by atoms with Crippen molar-refractivity contribution in [3.05, 3.63) is 24.3 Å². The summed E-state index contributed by atoms with van der Waals surface area (Å²) in [5.41, 5.74) is 5.38. The van der Waals surface area contributed by atoms with E-state index in [2.05, 4.69) is 4.72 Å². The van der Waals surface area contributed by atoms with Gasteiger partial charge in [-0.1, -0.05) is 13.8 Å². The molecule has 0 radical (unpaired) electrons. The van der Waals surface area contributed by atoms with Gasteiger partial charge in [-0.25, -0.2) is 13.1 Å². The van der Waals surface area contributed by atoms with E-state index in [1.807, 2.05) is 13.8 Å². The molecule has 0 aliphatic rings. The molecule has 0 aliphatic heterocycles. The Labute approximate surface area is 126 Å². The van der Waals surface area contributed by atoms with Gasteiger partial charge in [-0.15, -0.1) is 0 Å². The second kappa shape index (κ2) is 7.63. The van der Waals surface area contributed by atoms with Crippen LogP contribution in [-0.4, -0.2) is 38.0 Å². The lowest BCUT2D eigenvalue weighted by Gasteiger charge is -2.30. The lowest BCUT2D eigenvalue weighted by Crippen LogP contribution is -2.51. The zero-order valence-corrected chi connectivity index (χ0v) is 13.3. The van der Waals surface area contributed by atoms with Crippen molar-refractivity contribution in [2.45, 2.75) is 32.2 Å². The number of nitrogens with one attached hydrogen (secondary N) is 1. The Balaban J connectivity index is 2.55. The van der Waals surface area contributed by atoms with E-state index in [4.69, 9.17) is 10.5 Å². The normalized spacial score (nSPS) is 12.3. The summed E-state index contributed by atoms with van der Waals surface area (Å²) in [7, 11) is -3.51. The van der Waals surface area contributed by atoms with Gasteiger partial charge in [0.1, 0.15) is 12.4 Å². The maximum absolute atomic E-state index is 12.0. The molecule has 0 spiro atoms. The Morgan fingerprint density at radius 2 is 1.81 bits per heavy atom. The van der Waals surface area contributed by atoms with Gasteiger partial charge < -0.3 is 15.6 Å². The highest BCUT2D eigenvalue weighted by atomic mass is 32.2. The molecule has 0 heterocycles. The van der Waals surface area contributed by atoms with E-state index in [1.165, 1.54) is 0 Å². The fraction of sp³-hybridized carbons (Fsp3) is 0.571. The van der Waals surface area contributed by atoms with Gasteiger partial charge in [0, 0.05) is 5.69 Å². The minimum absolute atomic E-state index is 0.0359. The smallest absolute Gasteiger partial charge is 0.215 e. The quantitative estimate of drug-likeness (QED) is 0.593. The molecule has 6 nitrogen and oxygen atoms in total. The number of aliphatic hydroxyl groups excluding tert-OH is 1. The van der Waals surface area contributed by atoms with Crippen LogP contribution in [0.25, 0.3) is 0 Å². The molecule has 7 heteroatoms. The maximum Gasteiger partial charge on any atom is 0.215 e. The van der Waals surface area contributed by atoms with Crippen molar-refractivity contribution in [2.75, 3.05) is 24.7 Å². The molecule has 4 N–H and O–H groups in total. The summed E-state index contributed by atoms with van der Waals surface area (Å²) in [6.45, 7) is 3.49. The number of nitrogens with two attached hydrogens (primary N) is 1. The van der Waals surface area contributed by atoms with E-state index in [1.54, 1.807) is 24.3 Å². The van der Waals surface area contributed by atoms with Gasteiger partial charge >= 0.3 is 0 Å². The molecule has 0 saturated heterocycles. The second-order valence-electron chi connectivity index (χ2n) is 4.98. The number of anilines is 1. The fourth-order valence-electron chi connectivity index (χ4n) is 1.86. The molecule has 0 aromatic heterocycles. The monoisotopic (exact) mass is 316 g/mol. The number of nitrogen functional groups attached to an aromatic ring is 1. The van der Waals surface area contributed by atoms with Crippen molar-refractivity contribution in [3.8, 4) is 5.75 Å². The lowest BCUT2D eigenvalue weighted by atomic mass is 9.96. The molecule has 0 unspecified atom stereocenters. The summed E-state index contributed by atoms with van der Waals surface area (Å²) >= 11 is 0. The summed E-state index contributed by atoms with van der Waals surface area (Å²) in [5, 5.41) is 9.40. The van der Waals surface area contributed by atoms with Gasteiger partial charge in [-0.3, -0.25) is 0 Å². The van der Waals surface area contributed by atoms with Gasteiger partial charge in [0.05, 0.1) is 17.9 Å². The molecule has 21 heavy (non-hydrogen) atoms. The van der Waals surface area contributed by atoms with Crippen LogP contribution in [0, 0.1) is 0 Å². The Kier molecular flexibility index (Phi) is 6.44. The van der Waals surface area contributed by atoms with Crippen molar-refractivity contribution >= 4 is 15.7 Å². The van der Waals surface area contributed by atoms with Crippen molar-refractivity contribution in [1.29, 1.82) is 0 Å². The predicted octanol–water partition coefficient (Wildman–Crippen LogP) is 1.12. The van der Waals surface area contributed by atoms with Gasteiger partial charge in [0.15, 0.2) is 0 Å². The fourth-order valence-corrected chi connectivity index (χ4v) is 3.28. The molecule has 0 amide bonds. The number of rotatable bonds is 9. The van der Waals surface area contributed by atoms with Crippen LogP contribution >= 0.6 is 0 Å². The summed E-state index contributed by atoms with van der Waals surface area (Å²) in [4.78, 5) is 0. The molecule has 0 fully saturated rings. The predicted molar refractivity (Wildman–Crippen MR) is 83.7 cm³/mol. The molecular weight excluding hydrogens is 292 g/mol. The van der Waals surface area contributed by atoms with Crippen LogP contribution in [0.15, 0.2) is 24.3 Å². The van der Waals surface area contributed by atoms with Gasteiger partial charge in [0.2, 0.25) is 10.0 Å². The van der Waals surface area contributed by atoms with Crippen LogP contribution in [0.2, 0.25) is 0 Å². The molecule has 0 atom stereocenters. The van der Waals surface area contributed by atoms with Crippen LogP contribution in [0.1, 0.15) is 26.7 Å². The minimum atomic E-state index is -3.51. The first-order chi connectivity index (χ1) is 9.86. The first kappa shape index (κ1) is 17.7. The Hall–Kier alpha value is -1.31. The van der Waals surface area contributed by atoms with Crippen molar-refractivity contribution < 1.29 is 18.3 Å². The number of hydrogen-bond donors (Lipinski definition) is 3. The standard InChI is InChI=1S/C14H24N2O4S/c1-3-14(4-2,11-17)16-21(18,19)10-9-20-13-7-5-12(15)6-8-13/h5-8,16-17H,3-4,9-11,15H2,1-2H3. The zero-order valence-electron chi connectivity index (χ0n) is 12.5. The number of ether oxygens (including phenoxy) is 1. The first-order valence-corrected chi connectivity index (χ1v) is 8.62. The molecule has 1 rings (SSSR count). The largest absolute Gasteiger partial charge is 0.492 e. The third kappa shape index (κ3) is 5.53. The molecule has 0 aliphatic carbocycles. The summed E-state index contributed by atoms with van der Waals surface area (Å²) in [6, 6.07) is 6.75. The number of benzene rings is 1. The zero-order chi connectivity index (χ0) is 15.9. The SMILES string of the molecule is CCC(CC)(CO)NS(=O)(=O)CCOc1ccc(N)cc1. The van der Waals surface area contributed by atoms with Gasteiger partial charge in [0.25, 0.3) is 0 Å². The van der Waals surface area contributed by atoms with E-state index in [-0.39, 0.29) is 19.0 Å². The van der Waals surface area contributed by atoms with Gasteiger partial charge in [-0.05, 0) is 37.1 Å². The lowest BCUT2D eigenvalue weighted by molar-refractivity contribution is 0.172. The van der Waals surface area contributed by atoms with Crippen LogP contribution in [0.4, 0.5) is 5.69 Å². The highest BCUT2D eigenvalue weighted by molar-refractivity contribution is 7.89. The summed E-state index contributed by atoms with van der Waals surface area (Å²) < 4.78 is 32.0. The topological polar surface area (TPSA) is 102 Å². The van der Waals surface area contributed by atoms with Crippen LogP contribution < -0.4 is 15.2 Å². The molecular formula is C14H24N2O4S. The van der Waals surface area contributed by atoms with E-state index in [0.717, 1.165) is 0 Å². The highest BCUT2D eigenvalue weighted by Crippen LogP contribution is 2.16. The van der Waals surface area contributed by atoms with Crippen LogP contribution in [0.5, 0.6) is 5.75 Å². The summed E-state index contributed by atoms with van der Waals surface area (Å²) in [6.07, 6.45) is 1.05. The molecule has 1 aromatic carbocycles. The average molecular weight is 316 g/mol. The van der Waals surface area contributed by atoms with Crippen molar-refractivity contribution in [2.24, 2.45) is 0 Å². The molecule has 0 saturated carbocycles. The molecule has 1 aromatic rings. The molecule has 0 bridgehead atoms. The molecule has 120 valence electrons. The Morgan fingerprint density at radius 3 is 2.29 bits per heavy atom. The third-order valence-corrected chi connectivity index (χ3v) is 4.98. The average Bonchev–Trinajstić information content (AvgIpc) is 2.47. The first-order valence-electron chi connectivity index (χ1n) is 6.97.